The van der Waals surface area contributed by atoms with Crippen LogP contribution >= 0.6 is 0 Å². The summed E-state index contributed by atoms with van der Waals surface area (Å²) < 4.78 is 5.98. The summed E-state index contributed by atoms with van der Waals surface area (Å²) in [7, 11) is 0. The van der Waals surface area contributed by atoms with E-state index in [-0.39, 0.29) is 0 Å². The van der Waals surface area contributed by atoms with Crippen molar-refractivity contribution in [2.75, 3.05) is 0 Å². The number of ether oxygens (including phenoxy) is 1. The molecule has 1 atom stereocenters. The van der Waals surface area contributed by atoms with Crippen LogP contribution in [-0.4, -0.2) is 6.10 Å². The molecule has 0 aromatic heterocycles. The molecule has 1 saturated carbocycles. The fraction of sp³-hybridized carbons (Fsp3) is 0.533. The molecule has 0 heterocycles. The van der Waals surface area contributed by atoms with Crippen LogP contribution in [0.25, 0.3) is 0 Å². The number of benzene rings is 1. The van der Waals surface area contributed by atoms with Crippen LogP contribution in [0.2, 0.25) is 0 Å². The highest BCUT2D eigenvalue weighted by Crippen LogP contribution is 2.28. The number of hydrogen-bond donors (Lipinski definition) is 0. The van der Waals surface area contributed by atoms with Crippen molar-refractivity contribution in [3.8, 4) is 5.75 Å². The predicted molar refractivity (Wildman–Crippen MR) is 67.6 cm³/mol. The van der Waals surface area contributed by atoms with Gasteiger partial charge in [-0.25, -0.2) is 0 Å². The van der Waals surface area contributed by atoms with Crippen molar-refractivity contribution in [2.45, 2.75) is 45.1 Å². The van der Waals surface area contributed by atoms with Crippen LogP contribution < -0.4 is 4.74 Å². The number of hydrogen-bond acceptors (Lipinski definition) is 1. The summed E-state index contributed by atoms with van der Waals surface area (Å²) in [6, 6.07) is 8.04. The van der Waals surface area contributed by atoms with E-state index in [1.807, 2.05) is 24.3 Å². The maximum absolute atomic E-state index is 5.98. The lowest BCUT2D eigenvalue weighted by Crippen LogP contribution is -2.25. The third kappa shape index (κ3) is 3.01. The molecule has 87 valence electrons. The van der Waals surface area contributed by atoms with Crippen molar-refractivity contribution in [3.05, 3.63) is 36.8 Å². The zero-order valence-corrected chi connectivity index (χ0v) is 10.1. The highest BCUT2D eigenvalue weighted by molar-refractivity contribution is 5.28. The van der Waals surface area contributed by atoms with Gasteiger partial charge in [-0.1, -0.05) is 31.4 Å². The van der Waals surface area contributed by atoms with Gasteiger partial charge in [-0.2, -0.15) is 0 Å². The van der Waals surface area contributed by atoms with Crippen molar-refractivity contribution in [1.82, 2.24) is 0 Å². The van der Waals surface area contributed by atoms with Crippen LogP contribution in [0.4, 0.5) is 0 Å². The minimum absolute atomic E-state index is 0.343. The highest BCUT2D eigenvalue weighted by atomic mass is 16.5. The smallest absolute Gasteiger partial charge is 0.119 e. The van der Waals surface area contributed by atoms with Crippen molar-refractivity contribution in [2.24, 2.45) is 5.92 Å². The SMILES string of the molecule is [CH2]c1ccc(OC(C)C2CCCCC2)cc1. The molecule has 0 amide bonds. The average Bonchev–Trinajstić information content (AvgIpc) is 2.33. The molecule has 1 aliphatic rings. The van der Waals surface area contributed by atoms with Crippen LogP contribution in [-0.2, 0) is 0 Å². The second kappa shape index (κ2) is 5.38. The molecule has 1 unspecified atom stereocenters. The van der Waals surface area contributed by atoms with E-state index in [0.717, 1.165) is 17.2 Å². The van der Waals surface area contributed by atoms with Crippen molar-refractivity contribution in [1.29, 1.82) is 0 Å². The van der Waals surface area contributed by atoms with E-state index in [9.17, 15) is 0 Å². The Balaban J connectivity index is 1.90. The Labute approximate surface area is 98.8 Å². The first kappa shape index (κ1) is 11.5. The lowest BCUT2D eigenvalue weighted by Gasteiger charge is -2.28. The van der Waals surface area contributed by atoms with Gasteiger partial charge in [0.05, 0.1) is 6.10 Å². The Hall–Kier alpha value is -0.980. The van der Waals surface area contributed by atoms with Gasteiger partial charge in [-0.05, 0) is 50.3 Å². The topological polar surface area (TPSA) is 9.23 Å². The Morgan fingerprint density at radius 2 is 1.75 bits per heavy atom. The zero-order chi connectivity index (χ0) is 11.4. The maximum Gasteiger partial charge on any atom is 0.119 e. The second-order valence-corrected chi connectivity index (χ2v) is 4.87. The molecule has 1 heteroatoms. The van der Waals surface area contributed by atoms with Gasteiger partial charge in [-0.3, -0.25) is 0 Å². The van der Waals surface area contributed by atoms with Gasteiger partial charge in [-0.15, -0.1) is 0 Å². The minimum Gasteiger partial charge on any atom is -0.490 e. The number of rotatable bonds is 3. The molecule has 0 spiro atoms. The van der Waals surface area contributed by atoms with Crippen LogP contribution in [0, 0.1) is 12.8 Å². The molecule has 0 saturated heterocycles. The van der Waals surface area contributed by atoms with E-state index in [2.05, 4.69) is 13.8 Å². The molecule has 0 aliphatic heterocycles. The maximum atomic E-state index is 5.98. The molecular weight excluding hydrogens is 196 g/mol. The zero-order valence-electron chi connectivity index (χ0n) is 10.1. The van der Waals surface area contributed by atoms with Crippen LogP contribution in [0.1, 0.15) is 44.6 Å². The van der Waals surface area contributed by atoms with Gasteiger partial charge in [0.15, 0.2) is 0 Å². The van der Waals surface area contributed by atoms with Crippen LogP contribution in [0.15, 0.2) is 24.3 Å². The van der Waals surface area contributed by atoms with Crippen LogP contribution in [0.3, 0.4) is 0 Å². The predicted octanol–water partition coefficient (Wildman–Crippen LogP) is 4.22. The summed E-state index contributed by atoms with van der Waals surface area (Å²) in [6.07, 6.45) is 7.14. The van der Waals surface area contributed by atoms with Gasteiger partial charge in [0.1, 0.15) is 5.75 Å². The van der Waals surface area contributed by atoms with E-state index >= 15 is 0 Å². The summed E-state index contributed by atoms with van der Waals surface area (Å²) in [5.41, 5.74) is 1.04. The summed E-state index contributed by atoms with van der Waals surface area (Å²) in [4.78, 5) is 0. The first-order chi connectivity index (χ1) is 7.75. The van der Waals surface area contributed by atoms with Gasteiger partial charge in [0.25, 0.3) is 0 Å². The highest BCUT2D eigenvalue weighted by Gasteiger charge is 2.21. The first-order valence-electron chi connectivity index (χ1n) is 6.34. The summed E-state index contributed by atoms with van der Waals surface area (Å²) in [6.45, 7) is 6.08. The third-order valence-electron chi connectivity index (χ3n) is 3.56. The molecule has 2 rings (SSSR count). The van der Waals surface area contributed by atoms with Crippen molar-refractivity contribution >= 4 is 0 Å². The Kier molecular flexibility index (Phi) is 3.87. The van der Waals surface area contributed by atoms with Gasteiger partial charge < -0.3 is 4.74 Å². The van der Waals surface area contributed by atoms with Gasteiger partial charge >= 0.3 is 0 Å². The normalized spacial score (nSPS) is 19.4. The monoisotopic (exact) mass is 217 g/mol. The van der Waals surface area contributed by atoms with E-state index in [1.165, 1.54) is 32.1 Å². The summed E-state index contributed by atoms with van der Waals surface area (Å²) in [5.74, 6) is 1.72. The molecule has 0 bridgehead atoms. The lowest BCUT2D eigenvalue weighted by molar-refractivity contribution is 0.123. The van der Waals surface area contributed by atoms with Gasteiger partial charge in [0, 0.05) is 0 Å². The Morgan fingerprint density at radius 3 is 2.38 bits per heavy atom. The summed E-state index contributed by atoms with van der Waals surface area (Å²) >= 11 is 0. The molecule has 1 fully saturated rings. The molecule has 1 aromatic rings. The van der Waals surface area contributed by atoms with Gasteiger partial charge in [0.2, 0.25) is 0 Å². The molecule has 1 radical (unpaired) electrons. The van der Waals surface area contributed by atoms with Crippen molar-refractivity contribution < 1.29 is 4.74 Å². The first-order valence-corrected chi connectivity index (χ1v) is 6.34. The molecule has 1 aliphatic carbocycles. The molecular formula is C15H21O. The molecule has 16 heavy (non-hydrogen) atoms. The minimum atomic E-state index is 0.343. The van der Waals surface area contributed by atoms with E-state index in [4.69, 9.17) is 4.74 Å². The third-order valence-corrected chi connectivity index (χ3v) is 3.56. The average molecular weight is 217 g/mol. The largest absolute Gasteiger partial charge is 0.490 e. The standard InChI is InChI=1S/C15H21O/c1-12-8-10-15(11-9-12)16-13(2)14-6-4-3-5-7-14/h8-11,13-14H,1,3-7H2,2H3. The van der Waals surface area contributed by atoms with E-state index in [1.54, 1.807) is 0 Å². The molecule has 1 aromatic carbocycles. The quantitative estimate of drug-likeness (QED) is 0.736. The Morgan fingerprint density at radius 1 is 1.12 bits per heavy atom. The fourth-order valence-corrected chi connectivity index (χ4v) is 2.48. The molecule has 0 N–H and O–H groups in total. The second-order valence-electron chi connectivity index (χ2n) is 4.87. The fourth-order valence-electron chi connectivity index (χ4n) is 2.48. The lowest BCUT2D eigenvalue weighted by atomic mass is 9.86. The van der Waals surface area contributed by atoms with E-state index < -0.39 is 0 Å². The molecule has 1 nitrogen and oxygen atoms in total. The van der Waals surface area contributed by atoms with Crippen LogP contribution in [0.5, 0.6) is 5.75 Å². The van der Waals surface area contributed by atoms with Crippen molar-refractivity contribution in [3.63, 3.8) is 0 Å². The summed E-state index contributed by atoms with van der Waals surface area (Å²) in [5, 5.41) is 0. The van der Waals surface area contributed by atoms with E-state index in [0.29, 0.717) is 6.10 Å². The Bertz CT molecular complexity index is 309.